The van der Waals surface area contributed by atoms with Crippen molar-refractivity contribution in [2.45, 2.75) is 30.3 Å². The summed E-state index contributed by atoms with van der Waals surface area (Å²) in [4.78, 5) is 0. The van der Waals surface area contributed by atoms with Crippen LogP contribution >= 0.6 is 15.9 Å². The monoisotopic (exact) mass is 726 g/mol. The summed E-state index contributed by atoms with van der Waals surface area (Å²) in [7, 11) is -3.99. The molecular formula is C36H31BrFeO6S+2. The van der Waals surface area contributed by atoms with Gasteiger partial charge in [0.15, 0.2) is 0 Å². The van der Waals surface area contributed by atoms with E-state index in [4.69, 9.17) is 13.7 Å². The molecule has 3 fully saturated rings. The second kappa shape index (κ2) is 15.5. The van der Waals surface area contributed by atoms with Crippen molar-refractivity contribution in [2.24, 2.45) is 0 Å². The van der Waals surface area contributed by atoms with Crippen LogP contribution in [-0.2, 0) is 31.9 Å². The predicted octanol–water partition coefficient (Wildman–Crippen LogP) is 7.21. The van der Waals surface area contributed by atoms with Gasteiger partial charge in [0.2, 0.25) is 0 Å². The Balaban J connectivity index is 0.000000609. The molecule has 0 spiro atoms. The Kier molecular flexibility index (Phi) is 11.8. The predicted molar refractivity (Wildman–Crippen MR) is 174 cm³/mol. The van der Waals surface area contributed by atoms with Crippen molar-refractivity contribution in [3.63, 3.8) is 0 Å². The van der Waals surface area contributed by atoms with E-state index in [-0.39, 0.29) is 35.0 Å². The molecule has 230 valence electrons. The number of aromatic hydroxyl groups is 1. The van der Waals surface area contributed by atoms with Gasteiger partial charge in [0, 0.05) is 10.9 Å². The summed E-state index contributed by atoms with van der Waals surface area (Å²) < 4.78 is 45.4. The van der Waals surface area contributed by atoms with E-state index in [0.717, 1.165) is 38.9 Å². The summed E-state index contributed by atoms with van der Waals surface area (Å²) in [6.45, 7) is 0.562. The molecule has 2 aliphatic carbocycles. The van der Waals surface area contributed by atoms with Gasteiger partial charge in [-0.2, -0.15) is 8.42 Å². The average molecular weight is 727 g/mol. The van der Waals surface area contributed by atoms with Gasteiger partial charge in [-0.3, -0.25) is 0 Å². The standard InChI is InChI=1S/C31H26BrO6S.C5H5.Fe/c32-23-9-15-26(16-10-23)38-39(34,35)28-19-27-29(21-5-11-24(33)12-6-21)30(31(28)37-27)22-7-13-25(14-8-22)36-18-17-20-3-1-2-4-20;1-2-4-5-3-1;/h1-16,27-28,31,33H,17-19H2;1-5H;/q;;+2/t27-,28+,31+;;/m1../s1. The fraction of sp³-hybridized carbons (Fsp3) is 0.167. The zero-order chi connectivity index (χ0) is 30.5. The molecule has 45 heavy (non-hydrogen) atoms. The third-order valence-corrected chi connectivity index (χ3v) is 9.81. The van der Waals surface area contributed by atoms with E-state index in [0.29, 0.717) is 6.61 Å². The van der Waals surface area contributed by atoms with E-state index < -0.39 is 27.6 Å². The van der Waals surface area contributed by atoms with E-state index >= 15 is 0 Å². The maximum absolute atomic E-state index is 13.4. The quantitative estimate of drug-likeness (QED) is 0.186. The number of rotatable bonds is 9. The van der Waals surface area contributed by atoms with E-state index in [1.807, 2.05) is 81.3 Å². The van der Waals surface area contributed by atoms with Gasteiger partial charge in [0.25, 0.3) is 0 Å². The second-order valence-corrected chi connectivity index (χ2v) is 13.3. The Bertz CT molecular complexity index is 1520. The first-order chi connectivity index (χ1) is 21.4. The van der Waals surface area contributed by atoms with Gasteiger partial charge in [-0.1, -0.05) is 40.2 Å². The van der Waals surface area contributed by atoms with Gasteiger partial charge < -0.3 is 18.8 Å². The number of hydrogen-bond acceptors (Lipinski definition) is 6. The molecular weight excluding hydrogens is 696 g/mol. The van der Waals surface area contributed by atoms with Gasteiger partial charge in [-0.15, -0.1) is 0 Å². The number of fused-ring (bicyclic) bond motifs is 2. The van der Waals surface area contributed by atoms with Crippen molar-refractivity contribution in [2.75, 3.05) is 6.61 Å². The second-order valence-electron chi connectivity index (χ2n) is 10.6. The van der Waals surface area contributed by atoms with Crippen LogP contribution in [0, 0.1) is 63.7 Å². The first-order valence-corrected chi connectivity index (χ1v) is 16.6. The normalized spacial score (nSPS) is 22.6. The van der Waals surface area contributed by atoms with Crippen LogP contribution in [0.1, 0.15) is 24.0 Å². The number of phenolic OH excluding ortho intramolecular Hbond substituents is 1. The largest absolute Gasteiger partial charge is 2.00 e. The minimum Gasteiger partial charge on any atom is -0.508 e. The van der Waals surface area contributed by atoms with Gasteiger partial charge in [0.05, 0.1) is 12.7 Å². The Hall–Kier alpha value is -2.29. The molecule has 4 aliphatic rings. The van der Waals surface area contributed by atoms with Gasteiger partial charge in [0.1, 0.15) is 28.6 Å². The molecule has 0 amide bonds. The molecule has 3 atom stereocenters. The molecule has 0 unspecified atom stereocenters. The summed E-state index contributed by atoms with van der Waals surface area (Å²) >= 11 is 3.36. The summed E-state index contributed by atoms with van der Waals surface area (Å²) in [5.74, 6) is 2.39. The van der Waals surface area contributed by atoms with Crippen molar-refractivity contribution in [1.82, 2.24) is 0 Å². The van der Waals surface area contributed by atoms with Crippen LogP contribution in [-0.4, -0.2) is 37.6 Å². The Labute approximate surface area is 286 Å². The third-order valence-electron chi connectivity index (χ3n) is 7.68. The Morgan fingerprint density at radius 2 is 1.31 bits per heavy atom. The van der Waals surface area contributed by atoms with Gasteiger partial charge in [-0.25, -0.2) is 0 Å². The molecule has 3 aromatic rings. The molecule has 1 saturated heterocycles. The molecule has 1 N–H and O–H groups in total. The fourth-order valence-electron chi connectivity index (χ4n) is 5.60. The van der Waals surface area contributed by atoms with Crippen molar-refractivity contribution >= 4 is 37.2 Å². The van der Waals surface area contributed by atoms with Crippen LogP contribution in [0.3, 0.4) is 0 Å². The topological polar surface area (TPSA) is 82.1 Å². The first-order valence-electron chi connectivity index (χ1n) is 14.4. The molecule has 7 rings (SSSR count). The van der Waals surface area contributed by atoms with Crippen LogP contribution in [0.4, 0.5) is 0 Å². The van der Waals surface area contributed by atoms with Crippen molar-refractivity contribution in [1.29, 1.82) is 0 Å². The molecule has 2 aliphatic heterocycles. The summed E-state index contributed by atoms with van der Waals surface area (Å²) in [6.07, 6.45) is 18.2. The van der Waals surface area contributed by atoms with Crippen LogP contribution in [0.25, 0.3) is 11.1 Å². The average Bonchev–Trinajstić information content (AvgIpc) is 3.86. The minimum atomic E-state index is -3.99. The van der Waals surface area contributed by atoms with Crippen molar-refractivity contribution < 1.29 is 44.2 Å². The fourth-order valence-corrected chi connectivity index (χ4v) is 7.28. The summed E-state index contributed by atoms with van der Waals surface area (Å²) in [5.41, 5.74) is 3.49. The number of hydrogen-bond donors (Lipinski definition) is 1. The van der Waals surface area contributed by atoms with Crippen LogP contribution < -0.4 is 8.92 Å². The zero-order valence-corrected chi connectivity index (χ0v) is 27.6. The minimum absolute atomic E-state index is 0. The molecule has 0 aromatic heterocycles. The van der Waals surface area contributed by atoms with Gasteiger partial charge in [-0.05, 0) is 141 Å². The smallest absolute Gasteiger partial charge is 0.508 e. The summed E-state index contributed by atoms with van der Waals surface area (Å²) in [5, 5.41) is 8.96. The number of benzene rings is 3. The molecule has 2 bridgehead atoms. The van der Waals surface area contributed by atoms with Crippen molar-refractivity contribution in [3.05, 3.63) is 152 Å². The maximum atomic E-state index is 13.4. The number of phenols is 1. The Morgan fingerprint density at radius 3 is 1.93 bits per heavy atom. The molecule has 6 nitrogen and oxygen atoms in total. The third kappa shape index (κ3) is 8.36. The number of ether oxygens (including phenoxy) is 2. The zero-order valence-electron chi connectivity index (χ0n) is 24.1. The molecule has 2 heterocycles. The molecule has 3 aromatic carbocycles. The van der Waals surface area contributed by atoms with Crippen LogP contribution in [0.15, 0.2) is 77.3 Å². The SMILES string of the molecule is O=S(=O)(Oc1ccc(Br)cc1)[C@H]1C[C@H]2O[C@@H]1C(c1ccc(OCC[C]3[CH][CH][CH][CH]3)cc1)=C2c1ccc(O)cc1.[CH]1[CH][CH][CH][CH]1.[Fe+2]. The van der Waals surface area contributed by atoms with E-state index in [9.17, 15) is 13.5 Å². The molecule has 2 saturated carbocycles. The van der Waals surface area contributed by atoms with Gasteiger partial charge >= 0.3 is 27.2 Å². The summed E-state index contributed by atoms with van der Waals surface area (Å²) in [6, 6.07) is 21.3. The van der Waals surface area contributed by atoms with E-state index in [1.54, 1.807) is 36.4 Å². The van der Waals surface area contributed by atoms with E-state index in [1.165, 1.54) is 5.92 Å². The number of halogens is 1. The van der Waals surface area contributed by atoms with Crippen LogP contribution in [0.2, 0.25) is 0 Å². The van der Waals surface area contributed by atoms with Crippen molar-refractivity contribution in [3.8, 4) is 17.2 Å². The Morgan fingerprint density at radius 1 is 0.756 bits per heavy atom. The van der Waals surface area contributed by atoms with Crippen LogP contribution in [0.5, 0.6) is 17.2 Å². The first kappa shape index (κ1) is 34.1. The molecule has 10 radical (unpaired) electrons. The molecule has 9 heteroatoms. The maximum Gasteiger partial charge on any atom is 2.00 e. The van der Waals surface area contributed by atoms with E-state index in [2.05, 4.69) is 28.8 Å².